The van der Waals surface area contributed by atoms with Gasteiger partial charge in [-0.05, 0) is 43.2 Å². The molecule has 3 aromatic rings. The lowest BCUT2D eigenvalue weighted by atomic mass is 10.1. The average molecular weight is 368 g/mol. The fourth-order valence-corrected chi connectivity index (χ4v) is 3.56. The number of nitrogens with zero attached hydrogens (tertiary/aromatic N) is 3. The van der Waals surface area contributed by atoms with Crippen molar-refractivity contribution in [3.8, 4) is 11.3 Å². The minimum atomic E-state index is -0.319. The van der Waals surface area contributed by atoms with Gasteiger partial charge in [0, 0.05) is 37.0 Å². The number of carbonyl (C=O) groups excluding carboxylic acids is 1. The lowest BCUT2D eigenvalue weighted by Crippen LogP contribution is -2.34. The van der Waals surface area contributed by atoms with Gasteiger partial charge in [0.2, 0.25) is 5.91 Å². The number of halogens is 1. The second-order valence-electron chi connectivity index (χ2n) is 6.96. The number of aromatic nitrogens is 3. The number of amides is 1. The number of hydrogen-bond donors (Lipinski definition) is 1. The van der Waals surface area contributed by atoms with Crippen LogP contribution < -0.4 is 10.9 Å². The molecule has 6 nitrogen and oxygen atoms in total. The first-order valence-electron chi connectivity index (χ1n) is 9.24. The quantitative estimate of drug-likeness (QED) is 0.753. The summed E-state index contributed by atoms with van der Waals surface area (Å²) in [4.78, 5) is 24.8. The van der Waals surface area contributed by atoms with E-state index in [2.05, 4.69) is 10.4 Å². The van der Waals surface area contributed by atoms with Crippen LogP contribution >= 0.6 is 0 Å². The van der Waals surface area contributed by atoms with E-state index < -0.39 is 0 Å². The standard InChI is InChI=1S/C20H21FN4O2/c21-15-7-5-14(6-8-15)17-13-18-20(27)24(11-12-25(18)23-17)10-9-19(26)22-16-3-1-2-4-16/h5-8,11-13,16H,1-4,9-10H2,(H,22,26). The van der Waals surface area contributed by atoms with Crippen LogP contribution in [0.4, 0.5) is 4.39 Å². The van der Waals surface area contributed by atoms with Crippen molar-refractivity contribution in [3.05, 3.63) is 58.9 Å². The van der Waals surface area contributed by atoms with Crippen molar-refractivity contribution in [2.45, 2.75) is 44.7 Å². The summed E-state index contributed by atoms with van der Waals surface area (Å²) in [7, 11) is 0. The summed E-state index contributed by atoms with van der Waals surface area (Å²) >= 11 is 0. The molecule has 2 heterocycles. The minimum Gasteiger partial charge on any atom is -0.353 e. The van der Waals surface area contributed by atoms with E-state index in [-0.39, 0.29) is 29.7 Å². The molecule has 0 atom stereocenters. The van der Waals surface area contributed by atoms with Crippen molar-refractivity contribution in [2.75, 3.05) is 0 Å². The zero-order valence-corrected chi connectivity index (χ0v) is 14.9. The van der Waals surface area contributed by atoms with Crippen LogP contribution in [0.2, 0.25) is 0 Å². The van der Waals surface area contributed by atoms with Gasteiger partial charge in [-0.25, -0.2) is 8.91 Å². The lowest BCUT2D eigenvalue weighted by molar-refractivity contribution is -0.122. The monoisotopic (exact) mass is 368 g/mol. The van der Waals surface area contributed by atoms with Gasteiger partial charge in [-0.15, -0.1) is 0 Å². The van der Waals surface area contributed by atoms with E-state index in [0.29, 0.717) is 17.8 Å². The van der Waals surface area contributed by atoms with E-state index in [4.69, 9.17) is 0 Å². The third kappa shape index (κ3) is 3.77. The number of aryl methyl sites for hydroxylation is 1. The molecule has 4 rings (SSSR count). The van der Waals surface area contributed by atoms with Gasteiger partial charge < -0.3 is 9.88 Å². The molecule has 7 heteroatoms. The smallest absolute Gasteiger partial charge is 0.276 e. The highest BCUT2D eigenvalue weighted by molar-refractivity contribution is 5.76. The highest BCUT2D eigenvalue weighted by Crippen LogP contribution is 2.19. The van der Waals surface area contributed by atoms with Crippen molar-refractivity contribution < 1.29 is 9.18 Å². The predicted octanol–water partition coefficient (Wildman–Crippen LogP) is 2.75. The summed E-state index contributed by atoms with van der Waals surface area (Å²) in [6.07, 6.45) is 8.01. The topological polar surface area (TPSA) is 68.4 Å². The first-order valence-corrected chi connectivity index (χ1v) is 9.24. The molecule has 1 aliphatic rings. The normalized spacial score (nSPS) is 14.7. The van der Waals surface area contributed by atoms with E-state index in [1.54, 1.807) is 30.6 Å². The number of fused-ring (bicyclic) bond motifs is 1. The fourth-order valence-electron chi connectivity index (χ4n) is 3.56. The van der Waals surface area contributed by atoms with E-state index in [9.17, 15) is 14.0 Å². The summed E-state index contributed by atoms with van der Waals surface area (Å²) < 4.78 is 16.1. The molecule has 1 aromatic carbocycles. The summed E-state index contributed by atoms with van der Waals surface area (Å²) in [5.74, 6) is -0.338. The van der Waals surface area contributed by atoms with Crippen molar-refractivity contribution >= 4 is 11.4 Å². The fraction of sp³-hybridized carbons (Fsp3) is 0.350. The predicted molar refractivity (Wildman–Crippen MR) is 99.9 cm³/mol. The molecule has 1 fully saturated rings. The van der Waals surface area contributed by atoms with Crippen LogP contribution in [0.1, 0.15) is 32.1 Å². The highest BCUT2D eigenvalue weighted by Gasteiger charge is 2.17. The van der Waals surface area contributed by atoms with E-state index >= 15 is 0 Å². The maximum atomic E-state index is 13.1. The first-order chi connectivity index (χ1) is 13.1. The van der Waals surface area contributed by atoms with Gasteiger partial charge >= 0.3 is 0 Å². The Hall–Kier alpha value is -2.96. The Morgan fingerprint density at radius 3 is 2.67 bits per heavy atom. The minimum absolute atomic E-state index is 0.0193. The van der Waals surface area contributed by atoms with Crippen LogP contribution in [0, 0.1) is 5.82 Å². The molecule has 0 saturated heterocycles. The zero-order chi connectivity index (χ0) is 18.8. The number of benzene rings is 1. The van der Waals surface area contributed by atoms with Gasteiger partial charge in [0.15, 0.2) is 0 Å². The molecule has 0 spiro atoms. The van der Waals surface area contributed by atoms with E-state index in [1.807, 2.05) is 0 Å². The average Bonchev–Trinajstić information content (AvgIpc) is 3.32. The van der Waals surface area contributed by atoms with Gasteiger partial charge in [-0.1, -0.05) is 12.8 Å². The molecule has 0 bridgehead atoms. The second-order valence-corrected chi connectivity index (χ2v) is 6.96. The van der Waals surface area contributed by atoms with Gasteiger partial charge in [0.05, 0.1) is 5.69 Å². The summed E-state index contributed by atoms with van der Waals surface area (Å²) in [5, 5.41) is 7.41. The summed E-state index contributed by atoms with van der Waals surface area (Å²) in [6, 6.07) is 7.95. The SMILES string of the molecule is O=C(CCn1ccn2nc(-c3ccc(F)cc3)cc2c1=O)NC1CCCC1. The number of rotatable bonds is 5. The Balaban J connectivity index is 1.50. The van der Waals surface area contributed by atoms with Gasteiger partial charge in [-0.2, -0.15) is 5.10 Å². The summed E-state index contributed by atoms with van der Waals surface area (Å²) in [6.45, 7) is 0.324. The highest BCUT2D eigenvalue weighted by atomic mass is 19.1. The Morgan fingerprint density at radius 1 is 1.19 bits per heavy atom. The Bertz CT molecular complexity index is 1020. The molecule has 2 aromatic heterocycles. The maximum Gasteiger partial charge on any atom is 0.276 e. The van der Waals surface area contributed by atoms with Gasteiger partial charge in [0.25, 0.3) is 5.56 Å². The first kappa shape index (κ1) is 17.5. The van der Waals surface area contributed by atoms with Crippen LogP contribution in [-0.4, -0.2) is 26.1 Å². The van der Waals surface area contributed by atoms with Gasteiger partial charge in [0.1, 0.15) is 11.3 Å². The van der Waals surface area contributed by atoms with Crippen LogP contribution in [-0.2, 0) is 11.3 Å². The molecule has 0 unspecified atom stereocenters. The molecule has 1 N–H and O–H groups in total. The zero-order valence-electron chi connectivity index (χ0n) is 14.9. The van der Waals surface area contributed by atoms with Crippen molar-refractivity contribution in [1.82, 2.24) is 19.5 Å². The number of carbonyl (C=O) groups is 1. The van der Waals surface area contributed by atoms with Crippen LogP contribution in [0.15, 0.2) is 47.5 Å². The van der Waals surface area contributed by atoms with Crippen LogP contribution in [0.5, 0.6) is 0 Å². The Labute approximate surface area is 155 Å². The van der Waals surface area contributed by atoms with Crippen molar-refractivity contribution in [1.29, 1.82) is 0 Å². The van der Waals surface area contributed by atoms with E-state index in [0.717, 1.165) is 18.4 Å². The maximum absolute atomic E-state index is 13.1. The third-order valence-electron chi connectivity index (χ3n) is 5.04. The van der Waals surface area contributed by atoms with Crippen LogP contribution in [0.3, 0.4) is 0 Å². The van der Waals surface area contributed by atoms with Crippen molar-refractivity contribution in [3.63, 3.8) is 0 Å². The molecular formula is C20H21FN4O2. The summed E-state index contributed by atoms with van der Waals surface area (Å²) in [5.41, 5.74) is 1.56. The molecule has 1 saturated carbocycles. The van der Waals surface area contributed by atoms with Gasteiger partial charge in [-0.3, -0.25) is 9.59 Å². The van der Waals surface area contributed by atoms with Crippen LogP contribution in [0.25, 0.3) is 16.8 Å². The lowest BCUT2D eigenvalue weighted by Gasteiger charge is -2.12. The molecule has 0 radical (unpaired) electrons. The number of hydrogen-bond acceptors (Lipinski definition) is 3. The second kappa shape index (κ2) is 7.34. The number of nitrogens with one attached hydrogen (secondary N) is 1. The molecule has 1 amide bonds. The largest absolute Gasteiger partial charge is 0.353 e. The third-order valence-corrected chi connectivity index (χ3v) is 5.04. The molecule has 27 heavy (non-hydrogen) atoms. The van der Waals surface area contributed by atoms with Crippen molar-refractivity contribution in [2.24, 2.45) is 0 Å². The molecular weight excluding hydrogens is 347 g/mol. The Morgan fingerprint density at radius 2 is 1.93 bits per heavy atom. The van der Waals surface area contributed by atoms with E-state index in [1.165, 1.54) is 34.1 Å². The molecule has 0 aliphatic heterocycles. The molecule has 140 valence electrons. The molecule has 1 aliphatic carbocycles. The Kier molecular flexibility index (Phi) is 4.75.